The number of nitrogens with one attached hydrogen (secondary N) is 2. The number of amides is 2. The Bertz CT molecular complexity index is 1020. The third kappa shape index (κ3) is 4.18. The topological polar surface area (TPSA) is 67.4 Å². The minimum Gasteiger partial charge on any atom is -0.494 e. The number of methoxy groups -OCH3 is 1. The second-order valence-electron chi connectivity index (χ2n) is 5.80. The second kappa shape index (κ2) is 8.17. The van der Waals surface area contributed by atoms with Crippen LogP contribution in [0.2, 0.25) is 10.0 Å². The molecule has 0 aliphatic rings. The lowest BCUT2D eigenvalue weighted by Gasteiger charge is -2.06. The number of halogens is 2. The van der Waals surface area contributed by atoms with E-state index in [4.69, 9.17) is 27.9 Å². The predicted octanol–water partition coefficient (Wildman–Crippen LogP) is 4.89. The van der Waals surface area contributed by atoms with Crippen LogP contribution in [0, 0.1) is 6.92 Å². The standard InChI is InChI=1S/C19H16Cl2N2O3S/c1-10-3-5-11(6-4-10)23-14(24)9-22-19(25)18-15(21)12-7-8-13(20)16(26-2)17(12)27-18/h3-8H,9H2,1-2H3,(H,22,25)(H,23,24). The summed E-state index contributed by atoms with van der Waals surface area (Å²) in [5, 5.41) is 6.73. The van der Waals surface area contributed by atoms with Crippen molar-refractivity contribution in [2.45, 2.75) is 6.92 Å². The van der Waals surface area contributed by atoms with Gasteiger partial charge in [-0.15, -0.1) is 11.3 Å². The van der Waals surface area contributed by atoms with Crippen molar-refractivity contribution in [3.05, 3.63) is 56.9 Å². The van der Waals surface area contributed by atoms with E-state index in [9.17, 15) is 9.59 Å². The molecule has 3 aromatic rings. The van der Waals surface area contributed by atoms with Gasteiger partial charge >= 0.3 is 0 Å². The molecule has 0 fully saturated rings. The zero-order chi connectivity index (χ0) is 19.6. The van der Waals surface area contributed by atoms with Crippen molar-refractivity contribution < 1.29 is 14.3 Å². The summed E-state index contributed by atoms with van der Waals surface area (Å²) in [6.45, 7) is 1.79. The van der Waals surface area contributed by atoms with Gasteiger partial charge in [0.25, 0.3) is 5.91 Å². The third-order valence-corrected chi connectivity index (χ3v) is 5.86. The van der Waals surface area contributed by atoms with Crippen molar-refractivity contribution in [3.63, 3.8) is 0 Å². The molecule has 140 valence electrons. The summed E-state index contributed by atoms with van der Waals surface area (Å²) in [5.74, 6) is -0.291. The number of hydrogen-bond acceptors (Lipinski definition) is 4. The SMILES string of the molecule is COc1c(Cl)ccc2c(Cl)c(C(=O)NCC(=O)Nc3ccc(C)cc3)sc12. The molecule has 0 radical (unpaired) electrons. The largest absolute Gasteiger partial charge is 0.494 e. The summed E-state index contributed by atoms with van der Waals surface area (Å²) in [4.78, 5) is 24.8. The van der Waals surface area contributed by atoms with Gasteiger partial charge in [-0.25, -0.2) is 0 Å². The molecule has 27 heavy (non-hydrogen) atoms. The lowest BCUT2D eigenvalue weighted by molar-refractivity contribution is -0.115. The number of benzene rings is 2. The number of thiophene rings is 1. The molecule has 0 saturated carbocycles. The first-order valence-electron chi connectivity index (χ1n) is 8.00. The third-order valence-electron chi connectivity index (χ3n) is 3.86. The van der Waals surface area contributed by atoms with Crippen LogP contribution in [-0.4, -0.2) is 25.5 Å². The van der Waals surface area contributed by atoms with Gasteiger partial charge in [0.05, 0.1) is 28.4 Å². The molecular weight excluding hydrogens is 407 g/mol. The van der Waals surface area contributed by atoms with Crippen LogP contribution < -0.4 is 15.4 Å². The van der Waals surface area contributed by atoms with E-state index in [1.54, 1.807) is 24.3 Å². The van der Waals surface area contributed by atoms with E-state index < -0.39 is 5.91 Å². The Kier molecular flexibility index (Phi) is 5.89. The normalized spacial score (nSPS) is 10.7. The van der Waals surface area contributed by atoms with E-state index in [2.05, 4.69) is 10.6 Å². The Morgan fingerprint density at radius 1 is 1.11 bits per heavy atom. The highest BCUT2D eigenvalue weighted by Crippen LogP contribution is 2.43. The summed E-state index contributed by atoms with van der Waals surface area (Å²) < 4.78 is 5.99. The first kappa shape index (κ1) is 19.5. The number of carbonyl (C=O) groups is 2. The van der Waals surface area contributed by atoms with Crippen LogP contribution in [0.25, 0.3) is 10.1 Å². The molecule has 2 N–H and O–H groups in total. The van der Waals surface area contributed by atoms with Gasteiger partial charge in [-0.2, -0.15) is 0 Å². The number of carbonyl (C=O) groups excluding carboxylic acids is 2. The predicted molar refractivity (Wildman–Crippen MR) is 111 cm³/mol. The molecule has 0 aliphatic carbocycles. The molecule has 0 bridgehead atoms. The Hall–Kier alpha value is -2.28. The average Bonchev–Trinajstić information content (AvgIpc) is 2.98. The Morgan fingerprint density at radius 2 is 1.81 bits per heavy atom. The quantitative estimate of drug-likeness (QED) is 0.614. The van der Waals surface area contributed by atoms with Crippen LogP contribution in [0.3, 0.4) is 0 Å². The van der Waals surface area contributed by atoms with Gasteiger partial charge in [0, 0.05) is 11.1 Å². The summed E-state index contributed by atoms with van der Waals surface area (Å²) in [7, 11) is 1.50. The Balaban J connectivity index is 1.71. The molecule has 0 saturated heterocycles. The lowest BCUT2D eigenvalue weighted by atomic mass is 10.2. The molecule has 0 spiro atoms. The number of hydrogen-bond donors (Lipinski definition) is 2. The number of aryl methyl sites for hydroxylation is 1. The maximum atomic E-state index is 12.5. The molecule has 1 aromatic heterocycles. The van der Waals surface area contributed by atoms with E-state index in [-0.39, 0.29) is 12.5 Å². The monoisotopic (exact) mass is 422 g/mol. The minimum absolute atomic E-state index is 0.171. The molecular formula is C19H16Cl2N2O3S. The summed E-state index contributed by atoms with van der Waals surface area (Å²) in [6, 6.07) is 10.8. The van der Waals surface area contributed by atoms with Gasteiger partial charge in [-0.3, -0.25) is 9.59 Å². The molecule has 5 nitrogen and oxygen atoms in total. The first-order valence-corrected chi connectivity index (χ1v) is 9.57. The molecule has 1 heterocycles. The highest BCUT2D eigenvalue weighted by atomic mass is 35.5. The van der Waals surface area contributed by atoms with E-state index in [1.165, 1.54) is 18.4 Å². The van der Waals surface area contributed by atoms with Gasteiger partial charge in [0.15, 0.2) is 5.75 Å². The van der Waals surface area contributed by atoms with E-state index in [0.717, 1.165) is 5.56 Å². The van der Waals surface area contributed by atoms with Crippen molar-refractivity contribution in [2.24, 2.45) is 0 Å². The zero-order valence-electron chi connectivity index (χ0n) is 14.6. The van der Waals surface area contributed by atoms with Crippen LogP contribution in [0.5, 0.6) is 5.75 Å². The maximum Gasteiger partial charge on any atom is 0.263 e. The number of ether oxygens (including phenoxy) is 1. The molecule has 8 heteroatoms. The first-order chi connectivity index (χ1) is 12.9. The lowest BCUT2D eigenvalue weighted by Crippen LogP contribution is -2.32. The fourth-order valence-electron chi connectivity index (χ4n) is 2.50. The molecule has 0 unspecified atom stereocenters. The van der Waals surface area contributed by atoms with Crippen molar-refractivity contribution in [2.75, 3.05) is 19.0 Å². The van der Waals surface area contributed by atoms with E-state index >= 15 is 0 Å². The number of anilines is 1. The van der Waals surface area contributed by atoms with E-state index in [0.29, 0.717) is 36.4 Å². The maximum absolute atomic E-state index is 12.5. The molecule has 0 atom stereocenters. The fraction of sp³-hybridized carbons (Fsp3) is 0.158. The smallest absolute Gasteiger partial charge is 0.263 e. The summed E-state index contributed by atoms with van der Waals surface area (Å²) in [5.41, 5.74) is 1.76. The zero-order valence-corrected chi connectivity index (χ0v) is 16.9. The van der Waals surface area contributed by atoms with Crippen LogP contribution in [0.1, 0.15) is 15.2 Å². The second-order valence-corrected chi connectivity index (χ2v) is 7.61. The van der Waals surface area contributed by atoms with Crippen LogP contribution >= 0.6 is 34.5 Å². The molecule has 3 rings (SSSR count). The Labute approximate surface area is 170 Å². The van der Waals surface area contributed by atoms with Gasteiger partial charge < -0.3 is 15.4 Å². The van der Waals surface area contributed by atoms with Gasteiger partial charge in [0.1, 0.15) is 4.88 Å². The van der Waals surface area contributed by atoms with Crippen LogP contribution in [0.15, 0.2) is 36.4 Å². The number of rotatable bonds is 5. The van der Waals surface area contributed by atoms with Gasteiger partial charge in [-0.05, 0) is 25.1 Å². The van der Waals surface area contributed by atoms with Gasteiger partial charge in [-0.1, -0.05) is 47.0 Å². The van der Waals surface area contributed by atoms with E-state index in [1.807, 2.05) is 19.1 Å². The summed E-state index contributed by atoms with van der Waals surface area (Å²) in [6.07, 6.45) is 0. The fourth-order valence-corrected chi connectivity index (χ4v) is 4.34. The molecule has 0 aliphatic heterocycles. The average molecular weight is 423 g/mol. The van der Waals surface area contributed by atoms with Crippen molar-refractivity contribution in [1.82, 2.24) is 5.32 Å². The van der Waals surface area contributed by atoms with Crippen LogP contribution in [0.4, 0.5) is 5.69 Å². The molecule has 2 amide bonds. The van der Waals surface area contributed by atoms with Crippen LogP contribution in [-0.2, 0) is 4.79 Å². The highest BCUT2D eigenvalue weighted by Gasteiger charge is 2.21. The minimum atomic E-state index is -0.432. The van der Waals surface area contributed by atoms with Crippen molar-refractivity contribution >= 4 is 62.1 Å². The highest BCUT2D eigenvalue weighted by molar-refractivity contribution is 7.22. The number of fused-ring (bicyclic) bond motifs is 1. The van der Waals surface area contributed by atoms with Gasteiger partial charge in [0.2, 0.25) is 5.91 Å². The summed E-state index contributed by atoms with van der Waals surface area (Å²) >= 11 is 13.6. The van der Waals surface area contributed by atoms with Crippen molar-refractivity contribution in [1.29, 1.82) is 0 Å². The Morgan fingerprint density at radius 3 is 2.48 bits per heavy atom. The van der Waals surface area contributed by atoms with Crippen molar-refractivity contribution in [3.8, 4) is 5.75 Å². The molecule has 2 aromatic carbocycles.